The topological polar surface area (TPSA) is 78.9 Å². The molecule has 0 aliphatic rings. The molecule has 0 bridgehead atoms. The highest BCUT2D eigenvalue weighted by Crippen LogP contribution is 2.25. The van der Waals surface area contributed by atoms with E-state index in [1.54, 1.807) is 48.5 Å². The van der Waals surface area contributed by atoms with Crippen LogP contribution in [0.1, 0.15) is 21.5 Å². The number of carbonyl (C=O) groups is 2. The van der Waals surface area contributed by atoms with E-state index in [1.165, 1.54) is 0 Å². The van der Waals surface area contributed by atoms with E-state index >= 15 is 0 Å². The molecule has 0 radical (unpaired) electrons. The second kappa shape index (κ2) is 13.8. The lowest BCUT2D eigenvalue weighted by atomic mass is 10.00. The van der Waals surface area contributed by atoms with Crippen molar-refractivity contribution < 1.29 is 19.4 Å². The molecule has 0 spiro atoms. The Morgan fingerprint density at radius 1 is 0.690 bits per heavy atom. The quantitative estimate of drug-likeness (QED) is 0.149. The van der Waals surface area contributed by atoms with Crippen LogP contribution in [-0.4, -0.2) is 36.1 Å². The smallest absolute Gasteiger partial charge is 0.326 e. The van der Waals surface area contributed by atoms with Gasteiger partial charge in [-0.25, -0.2) is 4.79 Å². The second-order valence-electron chi connectivity index (χ2n) is 9.80. The van der Waals surface area contributed by atoms with Gasteiger partial charge in [-0.1, -0.05) is 91.0 Å². The normalized spacial score (nSPS) is 11.3. The third-order valence-electron chi connectivity index (χ3n) is 6.92. The molecule has 5 rings (SSSR count). The number of ether oxygens (including phenoxy) is 1. The number of hydrogen-bond acceptors (Lipinski definition) is 5. The minimum Gasteiger partial charge on any atom is -0.492 e. The summed E-state index contributed by atoms with van der Waals surface area (Å²) in [4.78, 5) is 27.5. The van der Waals surface area contributed by atoms with E-state index in [4.69, 9.17) is 4.74 Å². The number of nitrogens with one attached hydrogen (secondary N) is 1. The zero-order valence-corrected chi connectivity index (χ0v) is 23.1. The first-order valence-electron chi connectivity index (χ1n) is 13.9. The fourth-order valence-electron chi connectivity index (χ4n) is 4.78. The maximum absolute atomic E-state index is 13.1. The molecular formula is C36H32N2O4. The minimum absolute atomic E-state index is 0.164. The summed E-state index contributed by atoms with van der Waals surface area (Å²) >= 11 is 0. The van der Waals surface area contributed by atoms with Crippen LogP contribution in [0.3, 0.4) is 0 Å². The first kappa shape index (κ1) is 28.2. The van der Waals surface area contributed by atoms with Crippen LogP contribution in [0.2, 0.25) is 0 Å². The van der Waals surface area contributed by atoms with Crippen LogP contribution in [-0.2, 0) is 11.2 Å². The molecule has 0 aliphatic carbocycles. The van der Waals surface area contributed by atoms with E-state index in [2.05, 4.69) is 34.5 Å². The molecule has 5 aromatic rings. The van der Waals surface area contributed by atoms with E-state index in [0.29, 0.717) is 35.7 Å². The molecule has 0 aromatic heterocycles. The minimum atomic E-state index is -1.00. The number of anilines is 3. The molecule has 0 amide bonds. The molecule has 6 nitrogen and oxygen atoms in total. The third-order valence-corrected chi connectivity index (χ3v) is 6.92. The highest BCUT2D eigenvalue weighted by Gasteiger charge is 2.21. The van der Waals surface area contributed by atoms with E-state index in [0.717, 1.165) is 16.9 Å². The highest BCUT2D eigenvalue weighted by molar-refractivity contribution is 6.12. The average Bonchev–Trinajstić information content (AvgIpc) is 3.04. The van der Waals surface area contributed by atoms with Crippen LogP contribution in [0.15, 0.2) is 140 Å². The molecule has 210 valence electrons. The number of benzene rings is 5. The molecule has 1 atom stereocenters. The van der Waals surface area contributed by atoms with Gasteiger partial charge in [-0.3, -0.25) is 4.79 Å². The summed E-state index contributed by atoms with van der Waals surface area (Å²) in [7, 11) is 0. The summed E-state index contributed by atoms with van der Waals surface area (Å²) in [5.74, 6) is -0.458. The lowest BCUT2D eigenvalue weighted by Crippen LogP contribution is -2.32. The molecule has 0 heterocycles. The Labute approximate surface area is 245 Å². The van der Waals surface area contributed by atoms with Gasteiger partial charge in [0, 0.05) is 34.6 Å². The Balaban J connectivity index is 1.22. The summed E-state index contributed by atoms with van der Waals surface area (Å²) in [5.41, 5.74) is 4.47. The lowest BCUT2D eigenvalue weighted by molar-refractivity contribution is -0.137. The first-order valence-corrected chi connectivity index (χ1v) is 13.9. The number of carboxylic acids is 1. The van der Waals surface area contributed by atoms with Crippen molar-refractivity contribution in [3.8, 4) is 5.75 Å². The van der Waals surface area contributed by atoms with Crippen LogP contribution in [0, 0.1) is 0 Å². The fourth-order valence-corrected chi connectivity index (χ4v) is 4.78. The van der Waals surface area contributed by atoms with E-state index < -0.39 is 12.0 Å². The predicted octanol–water partition coefficient (Wildman–Crippen LogP) is 7.24. The van der Waals surface area contributed by atoms with Gasteiger partial charge >= 0.3 is 5.97 Å². The molecule has 0 unspecified atom stereocenters. The fraction of sp³-hybridized carbons (Fsp3) is 0.111. The number of rotatable bonds is 13. The number of hydrogen-bond donors (Lipinski definition) is 2. The highest BCUT2D eigenvalue weighted by atomic mass is 16.5. The maximum Gasteiger partial charge on any atom is 0.326 e. The van der Waals surface area contributed by atoms with Crippen LogP contribution in [0.5, 0.6) is 5.75 Å². The van der Waals surface area contributed by atoms with Gasteiger partial charge in [-0.05, 0) is 54.1 Å². The Kier molecular flexibility index (Phi) is 9.27. The van der Waals surface area contributed by atoms with Gasteiger partial charge in [0.2, 0.25) is 0 Å². The third kappa shape index (κ3) is 7.23. The van der Waals surface area contributed by atoms with Gasteiger partial charge in [0.1, 0.15) is 18.4 Å². The summed E-state index contributed by atoms with van der Waals surface area (Å²) in [6.45, 7) is 1.12. The standard InChI is InChI=1S/C36H32N2O4/c39-35(28-12-4-1-5-13-28)32-18-10-11-19-33(32)37-34(36(40)41)26-27-20-22-31(23-21-27)42-25-24-38(29-14-6-2-7-15-29)30-16-8-3-9-17-30/h1-23,34,37H,24-26H2,(H,40,41)/t34-/m0/s1. The zero-order valence-electron chi connectivity index (χ0n) is 23.1. The average molecular weight is 557 g/mol. The monoisotopic (exact) mass is 556 g/mol. The van der Waals surface area contributed by atoms with Crippen molar-refractivity contribution in [2.24, 2.45) is 0 Å². The Morgan fingerprint density at radius 2 is 1.24 bits per heavy atom. The zero-order chi connectivity index (χ0) is 29.1. The number of ketones is 1. The predicted molar refractivity (Wildman–Crippen MR) is 167 cm³/mol. The van der Waals surface area contributed by atoms with Gasteiger partial charge < -0.3 is 20.1 Å². The van der Waals surface area contributed by atoms with Crippen molar-refractivity contribution >= 4 is 28.8 Å². The maximum atomic E-state index is 13.1. The molecule has 0 saturated carbocycles. The SMILES string of the molecule is O=C(c1ccccc1)c1ccccc1N[C@@H](Cc1ccc(OCCN(c2ccccc2)c2ccccc2)cc1)C(=O)O. The van der Waals surface area contributed by atoms with Crippen LogP contribution in [0.25, 0.3) is 0 Å². The van der Waals surface area contributed by atoms with E-state index in [1.807, 2.05) is 66.7 Å². The molecule has 0 fully saturated rings. The van der Waals surface area contributed by atoms with Gasteiger partial charge in [-0.15, -0.1) is 0 Å². The number of carbonyl (C=O) groups excluding carboxylic acids is 1. The van der Waals surface area contributed by atoms with Crippen LogP contribution < -0.4 is 15.0 Å². The van der Waals surface area contributed by atoms with Crippen molar-refractivity contribution in [3.05, 3.63) is 156 Å². The number of aliphatic carboxylic acids is 1. The molecule has 0 aliphatic heterocycles. The summed E-state index contributed by atoms with van der Waals surface area (Å²) in [6, 6.07) is 42.9. The summed E-state index contributed by atoms with van der Waals surface area (Å²) < 4.78 is 6.06. The molecule has 0 saturated heterocycles. The Bertz CT molecular complexity index is 1550. The van der Waals surface area contributed by atoms with Gasteiger partial charge in [0.15, 0.2) is 5.78 Å². The Morgan fingerprint density at radius 3 is 1.83 bits per heavy atom. The van der Waals surface area contributed by atoms with Gasteiger partial charge in [-0.2, -0.15) is 0 Å². The summed E-state index contributed by atoms with van der Waals surface area (Å²) in [5, 5.41) is 13.1. The van der Waals surface area contributed by atoms with Crippen LogP contribution in [0.4, 0.5) is 17.1 Å². The second-order valence-corrected chi connectivity index (χ2v) is 9.80. The van der Waals surface area contributed by atoms with E-state index in [9.17, 15) is 14.7 Å². The first-order chi connectivity index (χ1) is 20.6. The van der Waals surface area contributed by atoms with Gasteiger partial charge in [0.05, 0.1) is 6.54 Å². The molecule has 42 heavy (non-hydrogen) atoms. The number of para-hydroxylation sites is 3. The van der Waals surface area contributed by atoms with Crippen molar-refractivity contribution in [2.45, 2.75) is 12.5 Å². The van der Waals surface area contributed by atoms with Crippen molar-refractivity contribution in [1.82, 2.24) is 0 Å². The molecule has 5 aromatic carbocycles. The molecular weight excluding hydrogens is 524 g/mol. The van der Waals surface area contributed by atoms with Crippen molar-refractivity contribution in [1.29, 1.82) is 0 Å². The number of carboxylic acid groups (broad SMARTS) is 1. The molecule has 2 N–H and O–H groups in total. The van der Waals surface area contributed by atoms with Crippen molar-refractivity contribution in [2.75, 3.05) is 23.4 Å². The molecule has 6 heteroatoms. The Hall–Kier alpha value is -5.36. The lowest BCUT2D eigenvalue weighted by Gasteiger charge is -2.25. The van der Waals surface area contributed by atoms with Gasteiger partial charge in [0.25, 0.3) is 0 Å². The number of nitrogens with zero attached hydrogens (tertiary/aromatic N) is 1. The van der Waals surface area contributed by atoms with E-state index in [-0.39, 0.29) is 12.2 Å². The van der Waals surface area contributed by atoms with Crippen molar-refractivity contribution in [3.63, 3.8) is 0 Å². The largest absolute Gasteiger partial charge is 0.492 e. The van der Waals surface area contributed by atoms with Crippen LogP contribution >= 0.6 is 0 Å². The summed E-state index contributed by atoms with van der Waals surface area (Å²) in [6.07, 6.45) is 0.235.